The van der Waals surface area contributed by atoms with Gasteiger partial charge in [-0.15, -0.1) is 0 Å². The third-order valence-electron chi connectivity index (χ3n) is 3.61. The zero-order valence-corrected chi connectivity index (χ0v) is 12.3. The van der Waals surface area contributed by atoms with Crippen molar-refractivity contribution in [1.29, 1.82) is 0 Å². The summed E-state index contributed by atoms with van der Waals surface area (Å²) in [5.41, 5.74) is 3.59. The number of H-pyrrole nitrogens is 1. The van der Waals surface area contributed by atoms with Gasteiger partial charge >= 0.3 is 0 Å². The fourth-order valence-electron chi connectivity index (χ4n) is 2.62. The summed E-state index contributed by atoms with van der Waals surface area (Å²) in [6.45, 7) is 3.89. The lowest BCUT2D eigenvalue weighted by atomic mass is 10.1. The average molecular weight is 287 g/mol. The molecule has 1 atom stereocenters. The quantitative estimate of drug-likeness (QED) is 0.913. The lowest BCUT2D eigenvalue weighted by Gasteiger charge is -2.27. The van der Waals surface area contributed by atoms with E-state index in [4.69, 9.17) is 9.47 Å². The number of benzene rings is 1. The van der Waals surface area contributed by atoms with E-state index in [-0.39, 0.29) is 6.10 Å². The van der Waals surface area contributed by atoms with E-state index in [9.17, 15) is 0 Å². The highest BCUT2D eigenvalue weighted by atomic mass is 16.6. The van der Waals surface area contributed by atoms with Crippen molar-refractivity contribution < 1.29 is 9.47 Å². The number of likely N-dealkylation sites (N-methyl/N-ethyl adjacent to an activating group) is 1. The van der Waals surface area contributed by atoms with Crippen LogP contribution in [0.5, 0.6) is 0 Å². The molecule has 0 spiro atoms. The van der Waals surface area contributed by atoms with Crippen LogP contribution in [0.1, 0.15) is 5.56 Å². The van der Waals surface area contributed by atoms with E-state index < -0.39 is 0 Å². The molecule has 1 aliphatic heterocycles. The highest BCUT2D eigenvalue weighted by molar-refractivity contribution is 5.62. The maximum absolute atomic E-state index is 5.69. The first kappa shape index (κ1) is 14.3. The van der Waals surface area contributed by atoms with Crippen LogP contribution in [0.15, 0.2) is 36.7 Å². The predicted molar refractivity (Wildman–Crippen MR) is 80.9 cm³/mol. The van der Waals surface area contributed by atoms with Gasteiger partial charge in [-0.05, 0) is 24.2 Å². The van der Waals surface area contributed by atoms with E-state index in [1.807, 2.05) is 12.4 Å². The van der Waals surface area contributed by atoms with E-state index in [2.05, 4.69) is 46.4 Å². The minimum absolute atomic E-state index is 0.181. The van der Waals surface area contributed by atoms with Gasteiger partial charge in [-0.2, -0.15) is 5.10 Å². The van der Waals surface area contributed by atoms with Crippen molar-refractivity contribution in [2.45, 2.75) is 12.6 Å². The first-order valence-electron chi connectivity index (χ1n) is 7.27. The van der Waals surface area contributed by atoms with Gasteiger partial charge < -0.3 is 9.47 Å². The lowest BCUT2D eigenvalue weighted by molar-refractivity contribution is -0.0962. The molecule has 0 saturated carbocycles. The molecule has 0 radical (unpaired) electrons. The second-order valence-corrected chi connectivity index (χ2v) is 5.45. The molecule has 0 aliphatic carbocycles. The first-order valence-corrected chi connectivity index (χ1v) is 7.27. The van der Waals surface area contributed by atoms with Crippen molar-refractivity contribution in [2.24, 2.45) is 0 Å². The molecule has 3 rings (SSSR count). The zero-order chi connectivity index (χ0) is 14.5. The molecule has 1 aliphatic rings. The van der Waals surface area contributed by atoms with Gasteiger partial charge in [0, 0.05) is 24.8 Å². The third-order valence-corrected chi connectivity index (χ3v) is 3.61. The van der Waals surface area contributed by atoms with Crippen LogP contribution in [0.3, 0.4) is 0 Å². The van der Waals surface area contributed by atoms with Gasteiger partial charge in [-0.25, -0.2) is 0 Å². The molecule has 5 heteroatoms. The molecule has 1 unspecified atom stereocenters. The molecular weight excluding hydrogens is 266 g/mol. The Labute approximate surface area is 124 Å². The number of rotatable bonds is 5. The standard InChI is InChI=1S/C16H21N3O2/c1-19(11-16-12-20-5-6-21-16)10-13-3-2-4-14(7-13)15-8-17-18-9-15/h2-4,7-9,16H,5-6,10-12H2,1H3,(H,17,18). The Bertz CT molecular complexity index is 550. The van der Waals surface area contributed by atoms with Crippen molar-refractivity contribution in [3.63, 3.8) is 0 Å². The van der Waals surface area contributed by atoms with E-state index in [0.29, 0.717) is 19.8 Å². The summed E-state index contributed by atoms with van der Waals surface area (Å²) in [6, 6.07) is 8.55. The molecule has 2 aromatic rings. The van der Waals surface area contributed by atoms with Crippen LogP contribution in [-0.2, 0) is 16.0 Å². The van der Waals surface area contributed by atoms with Crippen LogP contribution >= 0.6 is 0 Å². The average Bonchev–Trinajstić information content (AvgIpc) is 3.02. The molecule has 0 amide bonds. The monoisotopic (exact) mass is 287 g/mol. The summed E-state index contributed by atoms with van der Waals surface area (Å²) in [4.78, 5) is 2.27. The summed E-state index contributed by atoms with van der Waals surface area (Å²) in [7, 11) is 2.11. The predicted octanol–water partition coefficient (Wildman–Crippen LogP) is 1.92. The van der Waals surface area contributed by atoms with Crippen LogP contribution in [0.4, 0.5) is 0 Å². The molecule has 5 nitrogen and oxygen atoms in total. The molecule has 1 aromatic carbocycles. The van der Waals surface area contributed by atoms with Crippen molar-refractivity contribution in [3.8, 4) is 11.1 Å². The smallest absolute Gasteiger partial charge is 0.0936 e. The van der Waals surface area contributed by atoms with Gasteiger partial charge in [0.1, 0.15) is 0 Å². The van der Waals surface area contributed by atoms with Crippen LogP contribution in [0.25, 0.3) is 11.1 Å². The number of aromatic amines is 1. The van der Waals surface area contributed by atoms with Crippen LogP contribution in [0.2, 0.25) is 0 Å². The number of aromatic nitrogens is 2. The molecule has 1 aromatic heterocycles. The fourth-order valence-corrected chi connectivity index (χ4v) is 2.62. The SMILES string of the molecule is CN(Cc1cccc(-c2cn[nH]c2)c1)CC1COCCO1. The molecule has 21 heavy (non-hydrogen) atoms. The Hall–Kier alpha value is -1.69. The summed E-state index contributed by atoms with van der Waals surface area (Å²) < 4.78 is 11.1. The van der Waals surface area contributed by atoms with Gasteiger partial charge in [-0.3, -0.25) is 10.00 Å². The molecule has 1 saturated heterocycles. The minimum Gasteiger partial charge on any atom is -0.376 e. The van der Waals surface area contributed by atoms with Gasteiger partial charge in [-0.1, -0.05) is 18.2 Å². The Morgan fingerprint density at radius 3 is 3.05 bits per heavy atom. The highest BCUT2D eigenvalue weighted by Crippen LogP contribution is 2.19. The van der Waals surface area contributed by atoms with Crippen molar-refractivity contribution >= 4 is 0 Å². The fraction of sp³-hybridized carbons (Fsp3) is 0.438. The molecule has 112 valence electrons. The Morgan fingerprint density at radius 2 is 2.29 bits per heavy atom. The Balaban J connectivity index is 1.60. The second-order valence-electron chi connectivity index (χ2n) is 5.45. The van der Waals surface area contributed by atoms with Crippen molar-refractivity contribution in [2.75, 3.05) is 33.4 Å². The van der Waals surface area contributed by atoms with Crippen molar-refractivity contribution in [1.82, 2.24) is 15.1 Å². The summed E-state index contributed by atoms with van der Waals surface area (Å²) >= 11 is 0. The lowest BCUT2D eigenvalue weighted by Crippen LogP contribution is -2.38. The zero-order valence-electron chi connectivity index (χ0n) is 12.3. The van der Waals surface area contributed by atoms with Crippen molar-refractivity contribution in [3.05, 3.63) is 42.2 Å². The molecular formula is C16H21N3O2. The van der Waals surface area contributed by atoms with E-state index >= 15 is 0 Å². The van der Waals surface area contributed by atoms with Crippen LogP contribution in [-0.4, -0.2) is 54.6 Å². The van der Waals surface area contributed by atoms with E-state index in [1.54, 1.807) is 0 Å². The maximum Gasteiger partial charge on any atom is 0.0936 e. The van der Waals surface area contributed by atoms with Gasteiger partial charge in [0.25, 0.3) is 0 Å². The maximum atomic E-state index is 5.69. The Kier molecular flexibility index (Phi) is 4.65. The molecule has 1 fully saturated rings. The van der Waals surface area contributed by atoms with E-state index in [0.717, 1.165) is 18.7 Å². The normalized spacial score (nSPS) is 19.0. The second kappa shape index (κ2) is 6.85. The summed E-state index contributed by atoms with van der Waals surface area (Å²) in [5, 5.41) is 6.85. The topological polar surface area (TPSA) is 50.4 Å². The highest BCUT2D eigenvalue weighted by Gasteiger charge is 2.16. The van der Waals surface area contributed by atoms with Gasteiger partial charge in [0.15, 0.2) is 0 Å². The van der Waals surface area contributed by atoms with E-state index in [1.165, 1.54) is 11.1 Å². The summed E-state index contributed by atoms with van der Waals surface area (Å²) in [5.74, 6) is 0. The number of hydrogen-bond acceptors (Lipinski definition) is 4. The number of ether oxygens (including phenoxy) is 2. The Morgan fingerprint density at radius 1 is 1.33 bits per heavy atom. The summed E-state index contributed by atoms with van der Waals surface area (Å²) in [6.07, 6.45) is 3.94. The van der Waals surface area contributed by atoms with Gasteiger partial charge in [0.05, 0.1) is 32.1 Å². The largest absolute Gasteiger partial charge is 0.376 e. The third kappa shape index (κ3) is 3.91. The molecule has 1 N–H and O–H groups in total. The first-order chi connectivity index (χ1) is 10.3. The van der Waals surface area contributed by atoms with Crippen LogP contribution < -0.4 is 0 Å². The van der Waals surface area contributed by atoms with Gasteiger partial charge in [0.2, 0.25) is 0 Å². The molecule has 0 bridgehead atoms. The molecule has 2 heterocycles. The minimum atomic E-state index is 0.181. The number of hydrogen-bond donors (Lipinski definition) is 1. The van der Waals surface area contributed by atoms with Crippen LogP contribution in [0, 0.1) is 0 Å². The number of nitrogens with one attached hydrogen (secondary N) is 1. The number of nitrogens with zero attached hydrogens (tertiary/aromatic N) is 2.